The largest absolute Gasteiger partial charge is 0.394 e. The average molecular weight is 279 g/mol. The summed E-state index contributed by atoms with van der Waals surface area (Å²) in [7, 11) is 0. The van der Waals surface area contributed by atoms with Crippen molar-refractivity contribution in [2.75, 3.05) is 29.9 Å². The summed E-state index contributed by atoms with van der Waals surface area (Å²) in [5.74, 6) is 0. The van der Waals surface area contributed by atoms with Crippen LogP contribution in [0.1, 0.15) is 27.7 Å². The van der Waals surface area contributed by atoms with E-state index in [-0.39, 0.29) is 12.6 Å². The first-order valence-electron chi connectivity index (χ1n) is 6.97. The van der Waals surface area contributed by atoms with Gasteiger partial charge in [0, 0.05) is 24.5 Å². The van der Waals surface area contributed by atoms with Crippen LogP contribution in [0.15, 0.2) is 24.3 Å². The molecule has 2 amide bonds. The fourth-order valence-corrected chi connectivity index (χ4v) is 1.85. The molecule has 0 atom stereocenters. The lowest BCUT2D eigenvalue weighted by atomic mass is 10.1. The maximum atomic E-state index is 11.8. The number of carbonyl (C=O) groups excluding carboxylic acids is 1. The molecule has 112 valence electrons. The first-order valence-corrected chi connectivity index (χ1v) is 6.97. The van der Waals surface area contributed by atoms with E-state index in [2.05, 4.69) is 29.4 Å². The third-order valence-electron chi connectivity index (χ3n) is 3.10. The van der Waals surface area contributed by atoms with Crippen molar-refractivity contribution >= 4 is 17.4 Å². The first-order chi connectivity index (χ1) is 9.41. The van der Waals surface area contributed by atoms with Crippen molar-refractivity contribution in [3.8, 4) is 0 Å². The first kappa shape index (κ1) is 16.3. The summed E-state index contributed by atoms with van der Waals surface area (Å²) in [6.45, 7) is 9.54. The van der Waals surface area contributed by atoms with Crippen molar-refractivity contribution in [1.29, 1.82) is 0 Å². The van der Waals surface area contributed by atoms with Gasteiger partial charge in [0.2, 0.25) is 0 Å². The molecule has 1 aromatic carbocycles. The van der Waals surface area contributed by atoms with Crippen molar-refractivity contribution < 1.29 is 9.90 Å². The van der Waals surface area contributed by atoms with Gasteiger partial charge in [-0.1, -0.05) is 0 Å². The summed E-state index contributed by atoms with van der Waals surface area (Å²) >= 11 is 0. The molecule has 0 aromatic heterocycles. The fourth-order valence-electron chi connectivity index (χ4n) is 1.85. The summed E-state index contributed by atoms with van der Waals surface area (Å²) in [4.78, 5) is 14.0. The van der Waals surface area contributed by atoms with Gasteiger partial charge in [-0.05, 0) is 52.0 Å². The highest BCUT2D eigenvalue weighted by atomic mass is 16.3. The number of urea groups is 1. The molecule has 0 fully saturated rings. The summed E-state index contributed by atoms with van der Waals surface area (Å²) in [5, 5.41) is 14.6. The van der Waals surface area contributed by atoms with E-state index < -0.39 is 5.54 Å². The molecule has 0 spiro atoms. The molecule has 1 rings (SSSR count). The van der Waals surface area contributed by atoms with Crippen LogP contribution in [0.4, 0.5) is 16.2 Å². The minimum atomic E-state index is -0.634. The Morgan fingerprint density at radius 1 is 1.20 bits per heavy atom. The Bertz CT molecular complexity index is 425. The third kappa shape index (κ3) is 4.74. The maximum Gasteiger partial charge on any atom is 0.319 e. The van der Waals surface area contributed by atoms with Gasteiger partial charge in [-0.15, -0.1) is 0 Å². The highest BCUT2D eigenvalue weighted by Crippen LogP contribution is 2.17. The van der Waals surface area contributed by atoms with Crippen LogP contribution >= 0.6 is 0 Å². The van der Waals surface area contributed by atoms with Crippen molar-refractivity contribution in [3.05, 3.63) is 24.3 Å². The Labute approximate surface area is 121 Å². The maximum absolute atomic E-state index is 11.8. The molecule has 20 heavy (non-hydrogen) atoms. The monoisotopic (exact) mass is 279 g/mol. The number of amides is 2. The SMILES string of the molecule is CCN(CC)c1ccc(NC(=O)NC(C)(C)CO)cc1. The highest BCUT2D eigenvalue weighted by Gasteiger charge is 2.18. The second-order valence-corrected chi connectivity index (χ2v) is 5.34. The van der Waals surface area contributed by atoms with E-state index in [0.717, 1.165) is 24.5 Å². The quantitative estimate of drug-likeness (QED) is 0.749. The molecule has 1 aromatic rings. The van der Waals surface area contributed by atoms with E-state index in [0.29, 0.717) is 0 Å². The molecule has 0 aliphatic rings. The molecule has 5 heteroatoms. The van der Waals surface area contributed by atoms with Crippen LogP contribution in [-0.4, -0.2) is 36.4 Å². The lowest BCUT2D eigenvalue weighted by Gasteiger charge is -2.24. The van der Waals surface area contributed by atoms with Gasteiger partial charge in [-0.2, -0.15) is 0 Å². The molecular formula is C15H25N3O2. The van der Waals surface area contributed by atoms with Crippen molar-refractivity contribution in [2.45, 2.75) is 33.2 Å². The normalized spacial score (nSPS) is 11.1. The van der Waals surface area contributed by atoms with Gasteiger partial charge in [0.1, 0.15) is 0 Å². The molecule has 0 aliphatic carbocycles. The second kappa shape index (κ2) is 7.14. The number of hydrogen-bond donors (Lipinski definition) is 3. The number of hydrogen-bond acceptors (Lipinski definition) is 3. The topological polar surface area (TPSA) is 64.6 Å². The Kier molecular flexibility index (Phi) is 5.82. The van der Waals surface area contributed by atoms with E-state index in [4.69, 9.17) is 5.11 Å². The van der Waals surface area contributed by atoms with Gasteiger partial charge in [0.05, 0.1) is 12.1 Å². The Balaban J connectivity index is 2.64. The van der Waals surface area contributed by atoms with E-state index in [1.807, 2.05) is 24.3 Å². The van der Waals surface area contributed by atoms with Gasteiger partial charge in [-0.25, -0.2) is 4.79 Å². The zero-order chi connectivity index (χ0) is 15.2. The van der Waals surface area contributed by atoms with Gasteiger partial charge in [0.15, 0.2) is 0 Å². The van der Waals surface area contributed by atoms with E-state index in [1.54, 1.807) is 13.8 Å². The Morgan fingerprint density at radius 2 is 1.75 bits per heavy atom. The molecule has 0 bridgehead atoms. The molecule has 0 saturated carbocycles. The summed E-state index contributed by atoms with van der Waals surface area (Å²) in [6.07, 6.45) is 0. The number of anilines is 2. The van der Waals surface area contributed by atoms with Crippen LogP contribution < -0.4 is 15.5 Å². The Morgan fingerprint density at radius 3 is 2.20 bits per heavy atom. The lowest BCUT2D eigenvalue weighted by Crippen LogP contribution is -2.48. The van der Waals surface area contributed by atoms with Crippen LogP contribution in [0, 0.1) is 0 Å². The second-order valence-electron chi connectivity index (χ2n) is 5.34. The molecular weight excluding hydrogens is 254 g/mol. The highest BCUT2D eigenvalue weighted by molar-refractivity contribution is 5.89. The van der Waals surface area contributed by atoms with E-state index in [1.165, 1.54) is 0 Å². The van der Waals surface area contributed by atoms with Gasteiger partial charge >= 0.3 is 6.03 Å². The summed E-state index contributed by atoms with van der Waals surface area (Å²) in [6, 6.07) is 7.40. The van der Waals surface area contributed by atoms with Crippen LogP contribution in [0.25, 0.3) is 0 Å². The number of nitrogens with zero attached hydrogens (tertiary/aromatic N) is 1. The molecule has 0 radical (unpaired) electrons. The van der Waals surface area contributed by atoms with Gasteiger partial charge in [0.25, 0.3) is 0 Å². The number of aliphatic hydroxyl groups excluding tert-OH is 1. The zero-order valence-corrected chi connectivity index (χ0v) is 12.7. The number of carbonyl (C=O) groups is 1. The van der Waals surface area contributed by atoms with Crippen molar-refractivity contribution in [1.82, 2.24) is 5.32 Å². The average Bonchev–Trinajstić information content (AvgIpc) is 2.41. The molecule has 0 aliphatic heterocycles. The Hall–Kier alpha value is -1.75. The van der Waals surface area contributed by atoms with E-state index >= 15 is 0 Å². The number of aliphatic hydroxyl groups is 1. The predicted octanol–water partition coefficient (Wildman–Crippen LogP) is 2.43. The minimum absolute atomic E-state index is 0.110. The molecule has 5 nitrogen and oxygen atoms in total. The lowest BCUT2D eigenvalue weighted by molar-refractivity contribution is 0.187. The zero-order valence-electron chi connectivity index (χ0n) is 12.7. The van der Waals surface area contributed by atoms with E-state index in [9.17, 15) is 4.79 Å². The standard InChI is InChI=1S/C15H25N3O2/c1-5-18(6-2)13-9-7-12(8-10-13)16-14(20)17-15(3,4)11-19/h7-10,19H,5-6,11H2,1-4H3,(H2,16,17,20). The van der Waals surface area contributed by atoms with Gasteiger partial charge in [-0.3, -0.25) is 0 Å². The van der Waals surface area contributed by atoms with Crippen molar-refractivity contribution in [2.24, 2.45) is 0 Å². The molecule has 3 N–H and O–H groups in total. The van der Waals surface area contributed by atoms with Crippen LogP contribution in [0.3, 0.4) is 0 Å². The summed E-state index contributed by atoms with van der Waals surface area (Å²) < 4.78 is 0. The number of benzene rings is 1. The smallest absolute Gasteiger partial charge is 0.319 e. The van der Waals surface area contributed by atoms with Crippen LogP contribution in [0.5, 0.6) is 0 Å². The molecule has 0 heterocycles. The fraction of sp³-hybridized carbons (Fsp3) is 0.533. The van der Waals surface area contributed by atoms with Crippen molar-refractivity contribution in [3.63, 3.8) is 0 Å². The number of rotatable bonds is 6. The number of nitrogens with one attached hydrogen (secondary N) is 2. The summed E-state index contributed by atoms with van der Waals surface area (Å²) in [5.41, 5.74) is 1.23. The molecule has 0 saturated heterocycles. The molecule has 0 unspecified atom stereocenters. The van der Waals surface area contributed by atoms with Crippen LogP contribution in [0.2, 0.25) is 0 Å². The predicted molar refractivity (Wildman–Crippen MR) is 83.3 cm³/mol. The van der Waals surface area contributed by atoms with Crippen LogP contribution in [-0.2, 0) is 0 Å². The minimum Gasteiger partial charge on any atom is -0.394 e. The third-order valence-corrected chi connectivity index (χ3v) is 3.10. The van der Waals surface area contributed by atoms with Gasteiger partial charge < -0.3 is 20.6 Å².